The van der Waals surface area contributed by atoms with Crippen molar-refractivity contribution in [3.05, 3.63) is 71.8 Å². The van der Waals surface area contributed by atoms with E-state index in [1.165, 1.54) is 16.7 Å². The highest BCUT2D eigenvalue weighted by Gasteiger charge is 2.51. The fraction of sp³-hybridized carbons (Fsp3) is 0.417. The molecule has 0 aliphatic carbocycles. The fourth-order valence-corrected chi connectivity index (χ4v) is 3.52. The summed E-state index contributed by atoms with van der Waals surface area (Å²) in [5, 5.41) is 0. The molecule has 148 valence electrons. The van der Waals surface area contributed by atoms with Crippen molar-refractivity contribution in [3.8, 4) is 5.75 Å². The third kappa shape index (κ3) is 4.51. The second-order valence-corrected chi connectivity index (χ2v) is 8.52. The van der Waals surface area contributed by atoms with Crippen molar-refractivity contribution >= 4 is 12.7 Å². The van der Waals surface area contributed by atoms with Crippen LogP contribution in [-0.4, -0.2) is 25.4 Å². The van der Waals surface area contributed by atoms with Crippen molar-refractivity contribution in [2.24, 2.45) is 0 Å². The maximum Gasteiger partial charge on any atom is 0.458 e. The van der Waals surface area contributed by atoms with Gasteiger partial charge in [-0.05, 0) is 69.8 Å². The van der Waals surface area contributed by atoms with Crippen LogP contribution in [-0.2, 0) is 9.31 Å². The number of rotatable bonds is 6. The number of hydrogen-bond acceptors (Lipinski definition) is 3. The SMILES string of the molecule is COc1ccc(C(/C=C(\C)c2ccccc2)CB2OC(C)(C)C(C)(C)O2)cc1. The molecule has 1 atom stereocenters. The third-order valence-electron chi connectivity index (χ3n) is 5.97. The molecule has 0 bridgehead atoms. The van der Waals surface area contributed by atoms with Crippen molar-refractivity contribution in [2.45, 2.75) is 58.1 Å². The average Bonchev–Trinajstić information content (AvgIpc) is 2.88. The maximum absolute atomic E-state index is 6.27. The number of methoxy groups -OCH3 is 1. The van der Waals surface area contributed by atoms with Gasteiger partial charge in [0.1, 0.15) is 5.75 Å². The Bertz CT molecular complexity index is 794. The molecule has 0 radical (unpaired) electrons. The number of benzene rings is 2. The molecule has 1 fully saturated rings. The molecular formula is C24H31BO3. The van der Waals surface area contributed by atoms with Crippen LogP contribution in [0.5, 0.6) is 5.75 Å². The van der Waals surface area contributed by atoms with Crippen molar-refractivity contribution in [1.82, 2.24) is 0 Å². The van der Waals surface area contributed by atoms with Crippen LogP contribution in [0.4, 0.5) is 0 Å². The third-order valence-corrected chi connectivity index (χ3v) is 5.97. The van der Waals surface area contributed by atoms with E-state index >= 15 is 0 Å². The van der Waals surface area contributed by atoms with Crippen LogP contribution in [0, 0.1) is 0 Å². The molecule has 4 heteroatoms. The summed E-state index contributed by atoms with van der Waals surface area (Å²) in [7, 11) is 1.45. The molecule has 0 amide bonds. The van der Waals surface area contributed by atoms with Gasteiger partial charge in [-0.2, -0.15) is 0 Å². The highest BCUT2D eigenvalue weighted by molar-refractivity contribution is 6.45. The first-order valence-electron chi connectivity index (χ1n) is 9.95. The van der Waals surface area contributed by atoms with Crippen LogP contribution in [0.25, 0.3) is 5.57 Å². The first kappa shape index (κ1) is 20.7. The highest BCUT2D eigenvalue weighted by Crippen LogP contribution is 2.40. The van der Waals surface area contributed by atoms with Gasteiger partial charge in [0.2, 0.25) is 0 Å². The normalized spacial score (nSPS) is 19.5. The standard InChI is InChI=1S/C24H31BO3/c1-18(19-10-8-7-9-11-19)16-21(20-12-14-22(26-6)15-13-20)17-25-27-23(2,3)24(4,5)28-25/h7-16,21H,17H2,1-6H3/b18-16+. The van der Waals surface area contributed by atoms with Crippen molar-refractivity contribution in [2.75, 3.05) is 7.11 Å². The Balaban J connectivity index is 1.88. The lowest BCUT2D eigenvalue weighted by atomic mass is 9.74. The zero-order chi connectivity index (χ0) is 20.4. The van der Waals surface area contributed by atoms with Gasteiger partial charge < -0.3 is 14.0 Å². The van der Waals surface area contributed by atoms with Gasteiger partial charge in [-0.3, -0.25) is 0 Å². The molecule has 0 N–H and O–H groups in total. The Morgan fingerprint density at radius 3 is 2.07 bits per heavy atom. The molecule has 1 aliphatic heterocycles. The molecule has 3 rings (SSSR count). The maximum atomic E-state index is 6.27. The molecule has 2 aromatic carbocycles. The molecule has 28 heavy (non-hydrogen) atoms. The molecule has 0 saturated carbocycles. The van der Waals surface area contributed by atoms with Crippen molar-refractivity contribution in [1.29, 1.82) is 0 Å². The van der Waals surface area contributed by atoms with Gasteiger partial charge in [-0.25, -0.2) is 0 Å². The summed E-state index contributed by atoms with van der Waals surface area (Å²) in [4.78, 5) is 0. The van der Waals surface area contributed by atoms with Crippen LogP contribution in [0.3, 0.4) is 0 Å². The lowest BCUT2D eigenvalue weighted by Crippen LogP contribution is -2.41. The highest BCUT2D eigenvalue weighted by atomic mass is 16.7. The van der Waals surface area contributed by atoms with E-state index in [9.17, 15) is 0 Å². The van der Waals surface area contributed by atoms with Gasteiger partial charge >= 0.3 is 7.12 Å². The summed E-state index contributed by atoms with van der Waals surface area (Å²) < 4.78 is 17.9. The topological polar surface area (TPSA) is 27.7 Å². The van der Waals surface area contributed by atoms with Gasteiger partial charge in [-0.1, -0.05) is 48.5 Å². The largest absolute Gasteiger partial charge is 0.497 e. The molecular weight excluding hydrogens is 347 g/mol. The quantitative estimate of drug-likeness (QED) is 0.579. The second kappa shape index (κ2) is 8.14. The molecule has 0 aromatic heterocycles. The summed E-state index contributed by atoms with van der Waals surface area (Å²) in [6, 6.07) is 18.8. The van der Waals surface area contributed by atoms with E-state index in [4.69, 9.17) is 14.0 Å². The van der Waals surface area contributed by atoms with E-state index in [1.54, 1.807) is 7.11 Å². The minimum absolute atomic E-state index is 0.181. The monoisotopic (exact) mass is 378 g/mol. The summed E-state index contributed by atoms with van der Waals surface area (Å²) in [6.45, 7) is 10.6. The lowest BCUT2D eigenvalue weighted by molar-refractivity contribution is 0.00578. The van der Waals surface area contributed by atoms with Crippen LogP contribution < -0.4 is 4.74 Å². The Hall–Kier alpha value is -2.04. The van der Waals surface area contributed by atoms with Crippen molar-refractivity contribution < 1.29 is 14.0 Å². The van der Waals surface area contributed by atoms with Gasteiger partial charge in [0.05, 0.1) is 18.3 Å². The van der Waals surface area contributed by atoms with E-state index in [-0.39, 0.29) is 24.2 Å². The molecule has 1 heterocycles. The summed E-state index contributed by atoms with van der Waals surface area (Å²) in [6.07, 6.45) is 3.09. The van der Waals surface area contributed by atoms with Crippen LogP contribution in [0.1, 0.15) is 51.7 Å². The van der Waals surface area contributed by atoms with Gasteiger partial charge in [0.15, 0.2) is 0 Å². The Labute approximate surface area is 169 Å². The first-order chi connectivity index (χ1) is 13.2. The Morgan fingerprint density at radius 2 is 1.54 bits per heavy atom. The van der Waals surface area contributed by atoms with E-state index in [0.717, 1.165) is 12.1 Å². The zero-order valence-electron chi connectivity index (χ0n) is 17.9. The summed E-state index contributed by atoms with van der Waals surface area (Å²) in [5.41, 5.74) is 3.07. The van der Waals surface area contributed by atoms with Crippen LogP contribution in [0.15, 0.2) is 60.7 Å². The Morgan fingerprint density at radius 1 is 0.964 bits per heavy atom. The first-order valence-corrected chi connectivity index (χ1v) is 9.95. The average molecular weight is 378 g/mol. The van der Waals surface area contributed by atoms with Crippen LogP contribution in [0.2, 0.25) is 6.32 Å². The predicted molar refractivity (Wildman–Crippen MR) is 117 cm³/mol. The number of ether oxygens (including phenoxy) is 1. The molecule has 1 unspecified atom stereocenters. The number of allylic oxidation sites excluding steroid dienone is 2. The predicted octanol–water partition coefficient (Wildman–Crippen LogP) is 5.97. The van der Waals surface area contributed by atoms with E-state index in [2.05, 4.69) is 77.1 Å². The minimum Gasteiger partial charge on any atom is -0.497 e. The van der Waals surface area contributed by atoms with Gasteiger partial charge in [0.25, 0.3) is 0 Å². The summed E-state index contributed by atoms with van der Waals surface area (Å²) >= 11 is 0. The molecule has 1 aliphatic rings. The Kier molecular flexibility index (Phi) is 6.02. The summed E-state index contributed by atoms with van der Waals surface area (Å²) in [5.74, 6) is 1.04. The van der Waals surface area contributed by atoms with E-state index in [0.29, 0.717) is 0 Å². The fourth-order valence-electron chi connectivity index (χ4n) is 3.52. The van der Waals surface area contributed by atoms with E-state index in [1.807, 2.05) is 18.2 Å². The zero-order valence-corrected chi connectivity index (χ0v) is 17.9. The van der Waals surface area contributed by atoms with Gasteiger partial charge in [0, 0.05) is 5.92 Å². The molecule has 3 nitrogen and oxygen atoms in total. The molecule has 0 spiro atoms. The number of hydrogen-bond donors (Lipinski definition) is 0. The minimum atomic E-state index is -0.319. The van der Waals surface area contributed by atoms with Crippen LogP contribution >= 0.6 is 0 Å². The molecule has 1 saturated heterocycles. The lowest BCUT2D eigenvalue weighted by Gasteiger charge is -2.32. The van der Waals surface area contributed by atoms with Gasteiger partial charge in [-0.15, -0.1) is 0 Å². The second-order valence-electron chi connectivity index (χ2n) is 8.52. The smallest absolute Gasteiger partial charge is 0.458 e. The van der Waals surface area contributed by atoms with Crippen molar-refractivity contribution in [3.63, 3.8) is 0 Å². The molecule has 2 aromatic rings. The van der Waals surface area contributed by atoms with E-state index < -0.39 is 0 Å².